The average molecular weight is 224 g/mol. The zero-order chi connectivity index (χ0) is 11.5. The summed E-state index contributed by atoms with van der Waals surface area (Å²) < 4.78 is 0. The minimum atomic E-state index is 0.281. The predicted molar refractivity (Wildman–Crippen MR) is 65.2 cm³/mol. The molecule has 2 saturated heterocycles. The van der Waals surface area contributed by atoms with E-state index in [1.165, 1.54) is 12.8 Å². The molecule has 1 N–H and O–H groups in total. The van der Waals surface area contributed by atoms with Crippen molar-refractivity contribution in [3.05, 3.63) is 0 Å². The minimum absolute atomic E-state index is 0.281. The SMILES string of the molecule is CCC(CC)CN1CC2NCCCC2C1=O. The van der Waals surface area contributed by atoms with Crippen LogP contribution in [0.3, 0.4) is 0 Å². The smallest absolute Gasteiger partial charge is 0.227 e. The summed E-state index contributed by atoms with van der Waals surface area (Å²) in [7, 11) is 0. The Morgan fingerprint density at radius 3 is 2.81 bits per heavy atom. The van der Waals surface area contributed by atoms with Crippen molar-refractivity contribution in [2.45, 2.75) is 45.6 Å². The van der Waals surface area contributed by atoms with Gasteiger partial charge in [-0.15, -0.1) is 0 Å². The minimum Gasteiger partial charge on any atom is -0.341 e. The van der Waals surface area contributed by atoms with Gasteiger partial charge in [0.2, 0.25) is 5.91 Å². The number of piperidine rings is 1. The van der Waals surface area contributed by atoms with Gasteiger partial charge < -0.3 is 10.2 Å². The Morgan fingerprint density at radius 2 is 2.19 bits per heavy atom. The third kappa shape index (κ3) is 2.24. The number of amides is 1. The molecule has 2 fully saturated rings. The third-order valence-electron chi connectivity index (χ3n) is 4.26. The number of likely N-dealkylation sites (tertiary alicyclic amines) is 1. The lowest BCUT2D eigenvalue weighted by molar-refractivity contribution is -0.132. The first-order valence-corrected chi connectivity index (χ1v) is 6.78. The fourth-order valence-electron chi connectivity index (χ4n) is 3.03. The van der Waals surface area contributed by atoms with Crippen LogP contribution < -0.4 is 5.32 Å². The molecule has 16 heavy (non-hydrogen) atoms. The van der Waals surface area contributed by atoms with Crippen molar-refractivity contribution in [1.29, 1.82) is 0 Å². The van der Waals surface area contributed by atoms with Crippen LogP contribution in [0.25, 0.3) is 0 Å². The lowest BCUT2D eigenvalue weighted by Crippen LogP contribution is -2.41. The quantitative estimate of drug-likeness (QED) is 0.787. The molecule has 0 aromatic heterocycles. The molecule has 2 atom stereocenters. The monoisotopic (exact) mass is 224 g/mol. The molecule has 2 unspecified atom stereocenters. The Bertz CT molecular complexity index is 250. The summed E-state index contributed by atoms with van der Waals surface area (Å²) >= 11 is 0. The second-order valence-corrected chi connectivity index (χ2v) is 5.24. The van der Waals surface area contributed by atoms with E-state index in [4.69, 9.17) is 0 Å². The van der Waals surface area contributed by atoms with Crippen LogP contribution in [0.5, 0.6) is 0 Å². The zero-order valence-corrected chi connectivity index (χ0v) is 10.5. The van der Waals surface area contributed by atoms with Gasteiger partial charge in [0.25, 0.3) is 0 Å². The summed E-state index contributed by atoms with van der Waals surface area (Å²) in [5.41, 5.74) is 0. The highest BCUT2D eigenvalue weighted by Crippen LogP contribution is 2.27. The molecule has 2 rings (SSSR count). The van der Waals surface area contributed by atoms with Gasteiger partial charge in [0.15, 0.2) is 0 Å². The highest BCUT2D eigenvalue weighted by molar-refractivity contribution is 5.82. The first-order valence-electron chi connectivity index (χ1n) is 6.78. The molecule has 0 saturated carbocycles. The van der Waals surface area contributed by atoms with Crippen molar-refractivity contribution in [2.24, 2.45) is 11.8 Å². The fraction of sp³-hybridized carbons (Fsp3) is 0.923. The number of carbonyl (C=O) groups excluding carboxylic acids is 1. The van der Waals surface area contributed by atoms with Crippen molar-refractivity contribution in [3.8, 4) is 0 Å². The Labute approximate surface area is 98.6 Å². The Balaban J connectivity index is 1.94. The molecule has 0 aromatic rings. The van der Waals surface area contributed by atoms with Crippen LogP contribution in [-0.2, 0) is 4.79 Å². The number of nitrogens with one attached hydrogen (secondary N) is 1. The Kier molecular flexibility index (Phi) is 3.85. The second kappa shape index (κ2) is 5.17. The number of rotatable bonds is 4. The first-order chi connectivity index (χ1) is 7.76. The van der Waals surface area contributed by atoms with E-state index in [2.05, 4.69) is 24.1 Å². The van der Waals surface area contributed by atoms with Crippen molar-refractivity contribution in [2.75, 3.05) is 19.6 Å². The largest absolute Gasteiger partial charge is 0.341 e. The topological polar surface area (TPSA) is 32.3 Å². The van der Waals surface area contributed by atoms with Crippen molar-refractivity contribution < 1.29 is 4.79 Å². The van der Waals surface area contributed by atoms with E-state index < -0.39 is 0 Å². The lowest BCUT2D eigenvalue weighted by atomic mass is 9.94. The van der Waals surface area contributed by atoms with Crippen molar-refractivity contribution in [1.82, 2.24) is 10.2 Å². The molecular weight excluding hydrogens is 200 g/mol. The molecule has 92 valence electrons. The fourth-order valence-corrected chi connectivity index (χ4v) is 3.03. The van der Waals surface area contributed by atoms with Gasteiger partial charge >= 0.3 is 0 Å². The van der Waals surface area contributed by atoms with Gasteiger partial charge in [0, 0.05) is 19.1 Å². The number of nitrogens with zero attached hydrogens (tertiary/aromatic N) is 1. The number of carbonyl (C=O) groups is 1. The number of fused-ring (bicyclic) bond motifs is 1. The normalized spacial score (nSPS) is 29.9. The van der Waals surface area contributed by atoms with E-state index in [1.54, 1.807) is 0 Å². The van der Waals surface area contributed by atoms with Gasteiger partial charge in [0.1, 0.15) is 0 Å². The number of hydrogen-bond donors (Lipinski definition) is 1. The van der Waals surface area contributed by atoms with E-state index >= 15 is 0 Å². The van der Waals surface area contributed by atoms with Gasteiger partial charge in [-0.2, -0.15) is 0 Å². The highest BCUT2D eigenvalue weighted by atomic mass is 16.2. The van der Waals surface area contributed by atoms with Crippen LogP contribution in [-0.4, -0.2) is 36.5 Å². The number of hydrogen-bond acceptors (Lipinski definition) is 2. The van der Waals surface area contributed by atoms with E-state index in [0.29, 0.717) is 17.9 Å². The van der Waals surface area contributed by atoms with E-state index in [9.17, 15) is 4.79 Å². The predicted octanol–water partition coefficient (Wildman–Crippen LogP) is 1.63. The van der Waals surface area contributed by atoms with E-state index in [1.807, 2.05) is 0 Å². The van der Waals surface area contributed by atoms with Crippen molar-refractivity contribution >= 4 is 5.91 Å². The first kappa shape index (κ1) is 11.9. The van der Waals surface area contributed by atoms with Crippen LogP contribution in [0, 0.1) is 11.8 Å². The summed E-state index contributed by atoms with van der Waals surface area (Å²) in [5.74, 6) is 1.37. The maximum absolute atomic E-state index is 12.2. The van der Waals surface area contributed by atoms with Gasteiger partial charge in [-0.05, 0) is 25.3 Å². The van der Waals surface area contributed by atoms with Gasteiger partial charge in [-0.3, -0.25) is 4.79 Å². The van der Waals surface area contributed by atoms with Crippen LogP contribution in [0.2, 0.25) is 0 Å². The molecule has 0 aromatic carbocycles. The van der Waals surface area contributed by atoms with Crippen LogP contribution >= 0.6 is 0 Å². The van der Waals surface area contributed by atoms with E-state index in [0.717, 1.165) is 32.5 Å². The molecule has 0 aliphatic carbocycles. The highest BCUT2D eigenvalue weighted by Gasteiger charge is 2.41. The molecule has 2 aliphatic rings. The van der Waals surface area contributed by atoms with Gasteiger partial charge in [-0.1, -0.05) is 26.7 Å². The summed E-state index contributed by atoms with van der Waals surface area (Å²) in [5, 5.41) is 3.49. The van der Waals surface area contributed by atoms with Crippen molar-refractivity contribution in [3.63, 3.8) is 0 Å². The Morgan fingerprint density at radius 1 is 1.44 bits per heavy atom. The summed E-state index contributed by atoms with van der Waals surface area (Å²) in [6.07, 6.45) is 4.62. The maximum atomic E-state index is 12.2. The molecule has 0 radical (unpaired) electrons. The molecule has 1 amide bonds. The molecule has 2 aliphatic heterocycles. The van der Waals surface area contributed by atoms with Crippen LogP contribution in [0.4, 0.5) is 0 Å². The average Bonchev–Trinajstić information content (AvgIpc) is 2.64. The van der Waals surface area contributed by atoms with E-state index in [-0.39, 0.29) is 5.92 Å². The summed E-state index contributed by atoms with van der Waals surface area (Å²) in [4.78, 5) is 14.3. The molecule has 0 bridgehead atoms. The molecule has 2 heterocycles. The van der Waals surface area contributed by atoms with Gasteiger partial charge in [0.05, 0.1) is 5.92 Å². The standard InChI is InChI=1S/C13H24N2O/c1-3-10(4-2)8-15-9-12-11(13(15)16)6-5-7-14-12/h10-12,14H,3-9H2,1-2H3. The second-order valence-electron chi connectivity index (χ2n) is 5.24. The summed E-state index contributed by atoms with van der Waals surface area (Å²) in [6, 6.07) is 0.440. The van der Waals surface area contributed by atoms with Crippen LogP contribution in [0.15, 0.2) is 0 Å². The molecule has 3 nitrogen and oxygen atoms in total. The van der Waals surface area contributed by atoms with Crippen LogP contribution in [0.1, 0.15) is 39.5 Å². The maximum Gasteiger partial charge on any atom is 0.227 e. The van der Waals surface area contributed by atoms with Gasteiger partial charge in [-0.25, -0.2) is 0 Å². The summed E-state index contributed by atoms with van der Waals surface area (Å²) in [6.45, 7) is 7.45. The molecule has 0 spiro atoms. The Hall–Kier alpha value is -0.570. The molecular formula is C13H24N2O. The zero-order valence-electron chi connectivity index (χ0n) is 10.5. The lowest BCUT2D eigenvalue weighted by Gasteiger charge is -2.23. The third-order valence-corrected chi connectivity index (χ3v) is 4.26. The molecule has 3 heteroatoms.